The van der Waals surface area contributed by atoms with E-state index in [4.69, 9.17) is 9.47 Å². The lowest BCUT2D eigenvalue weighted by Crippen LogP contribution is -2.27. The van der Waals surface area contributed by atoms with E-state index >= 15 is 0 Å². The fourth-order valence-corrected chi connectivity index (χ4v) is 1.83. The predicted octanol–water partition coefficient (Wildman–Crippen LogP) is 1.94. The number of rotatable bonds is 1. The van der Waals surface area contributed by atoms with E-state index in [1.807, 2.05) is 20.8 Å². The summed E-state index contributed by atoms with van der Waals surface area (Å²) in [5.74, 6) is 0.448. The molecule has 2 heterocycles. The standard InChI is InChI=1S/C11H14O3/c1-6(2)8-5-7-9(13-8)11(3,4)14-10(7)12/h8H,1,5H2,2-4H3. The topological polar surface area (TPSA) is 35.5 Å². The lowest BCUT2D eigenvalue weighted by atomic mass is 10.0. The maximum atomic E-state index is 11.4. The fourth-order valence-electron chi connectivity index (χ4n) is 1.83. The maximum absolute atomic E-state index is 11.4. The third-order valence-corrected chi connectivity index (χ3v) is 2.61. The van der Waals surface area contributed by atoms with Crippen molar-refractivity contribution in [3.63, 3.8) is 0 Å². The van der Waals surface area contributed by atoms with Crippen LogP contribution in [0.15, 0.2) is 23.5 Å². The van der Waals surface area contributed by atoms with Crippen LogP contribution in [0, 0.1) is 0 Å². The predicted molar refractivity (Wildman–Crippen MR) is 51.5 cm³/mol. The van der Waals surface area contributed by atoms with Crippen LogP contribution in [0.1, 0.15) is 27.2 Å². The molecule has 3 nitrogen and oxygen atoms in total. The molecule has 1 atom stereocenters. The van der Waals surface area contributed by atoms with E-state index in [0.29, 0.717) is 17.8 Å². The van der Waals surface area contributed by atoms with Gasteiger partial charge in [-0.15, -0.1) is 0 Å². The molecule has 76 valence electrons. The minimum atomic E-state index is -0.601. The van der Waals surface area contributed by atoms with Gasteiger partial charge in [0.15, 0.2) is 11.4 Å². The Morgan fingerprint density at radius 1 is 1.57 bits per heavy atom. The van der Waals surface area contributed by atoms with E-state index in [1.54, 1.807) is 0 Å². The molecule has 0 spiro atoms. The van der Waals surface area contributed by atoms with Crippen LogP contribution in [0.2, 0.25) is 0 Å². The van der Waals surface area contributed by atoms with Gasteiger partial charge < -0.3 is 9.47 Å². The smallest absolute Gasteiger partial charge is 0.338 e. The van der Waals surface area contributed by atoms with Crippen LogP contribution in [0.25, 0.3) is 0 Å². The summed E-state index contributed by atoms with van der Waals surface area (Å²) in [4.78, 5) is 11.4. The van der Waals surface area contributed by atoms with Gasteiger partial charge in [0.25, 0.3) is 0 Å². The molecular formula is C11H14O3. The summed E-state index contributed by atoms with van der Waals surface area (Å²) in [6.07, 6.45) is 0.555. The highest BCUT2D eigenvalue weighted by atomic mass is 16.6. The Labute approximate surface area is 83.4 Å². The molecule has 0 N–H and O–H groups in total. The van der Waals surface area contributed by atoms with E-state index in [1.165, 1.54) is 0 Å². The van der Waals surface area contributed by atoms with Gasteiger partial charge in [-0.2, -0.15) is 0 Å². The average molecular weight is 194 g/mol. The summed E-state index contributed by atoms with van der Waals surface area (Å²) in [6, 6.07) is 0. The van der Waals surface area contributed by atoms with E-state index in [2.05, 4.69) is 6.58 Å². The first kappa shape index (κ1) is 9.31. The van der Waals surface area contributed by atoms with Gasteiger partial charge in [-0.3, -0.25) is 0 Å². The molecule has 0 radical (unpaired) electrons. The van der Waals surface area contributed by atoms with Crippen molar-refractivity contribution in [1.29, 1.82) is 0 Å². The average Bonchev–Trinajstić information content (AvgIpc) is 2.53. The molecule has 2 aliphatic heterocycles. The number of cyclic esters (lactones) is 1. The molecule has 2 rings (SSSR count). The molecule has 0 aromatic rings. The molecule has 0 aromatic carbocycles. The minimum absolute atomic E-state index is 0.0490. The minimum Gasteiger partial charge on any atom is -0.485 e. The fraction of sp³-hybridized carbons (Fsp3) is 0.545. The second-order valence-corrected chi connectivity index (χ2v) is 4.36. The van der Waals surface area contributed by atoms with Crippen molar-refractivity contribution in [2.24, 2.45) is 0 Å². The van der Waals surface area contributed by atoms with Crippen LogP contribution >= 0.6 is 0 Å². The van der Waals surface area contributed by atoms with Gasteiger partial charge in [-0.1, -0.05) is 6.58 Å². The zero-order valence-electron chi connectivity index (χ0n) is 8.72. The molecule has 3 heteroatoms. The third kappa shape index (κ3) is 1.15. The zero-order chi connectivity index (χ0) is 10.5. The second-order valence-electron chi connectivity index (χ2n) is 4.36. The van der Waals surface area contributed by atoms with Gasteiger partial charge in [-0.25, -0.2) is 4.79 Å². The maximum Gasteiger partial charge on any atom is 0.338 e. The van der Waals surface area contributed by atoms with Crippen molar-refractivity contribution >= 4 is 5.97 Å². The first-order valence-electron chi connectivity index (χ1n) is 4.71. The summed E-state index contributed by atoms with van der Waals surface area (Å²) in [7, 11) is 0. The van der Waals surface area contributed by atoms with Crippen LogP contribution in [0.5, 0.6) is 0 Å². The molecular weight excluding hydrogens is 180 g/mol. The Hall–Kier alpha value is -1.25. The van der Waals surface area contributed by atoms with Crippen molar-refractivity contribution < 1.29 is 14.3 Å². The van der Waals surface area contributed by atoms with Crippen molar-refractivity contribution in [3.05, 3.63) is 23.5 Å². The van der Waals surface area contributed by atoms with Gasteiger partial charge in [0, 0.05) is 6.42 Å². The Kier molecular flexibility index (Phi) is 1.74. The van der Waals surface area contributed by atoms with Crippen LogP contribution < -0.4 is 0 Å². The van der Waals surface area contributed by atoms with Crippen LogP contribution in [-0.4, -0.2) is 17.7 Å². The molecule has 0 saturated heterocycles. The first-order valence-corrected chi connectivity index (χ1v) is 4.71. The SMILES string of the molecule is C=C(C)C1CC2=C(O1)C(C)(C)OC2=O. The summed E-state index contributed by atoms with van der Waals surface area (Å²) in [6.45, 7) is 9.42. The number of hydrogen-bond donors (Lipinski definition) is 0. The van der Waals surface area contributed by atoms with Crippen molar-refractivity contribution in [3.8, 4) is 0 Å². The zero-order valence-corrected chi connectivity index (χ0v) is 8.72. The summed E-state index contributed by atoms with van der Waals surface area (Å²) >= 11 is 0. The number of carbonyl (C=O) groups is 1. The van der Waals surface area contributed by atoms with Gasteiger partial charge >= 0.3 is 5.97 Å². The number of carbonyl (C=O) groups excluding carboxylic acids is 1. The van der Waals surface area contributed by atoms with Crippen molar-refractivity contribution in [2.45, 2.75) is 38.9 Å². The monoisotopic (exact) mass is 194 g/mol. The van der Waals surface area contributed by atoms with E-state index in [0.717, 1.165) is 5.57 Å². The highest BCUT2D eigenvalue weighted by Gasteiger charge is 2.47. The van der Waals surface area contributed by atoms with Crippen molar-refractivity contribution in [1.82, 2.24) is 0 Å². The summed E-state index contributed by atoms with van der Waals surface area (Å²) < 4.78 is 10.8. The lowest BCUT2D eigenvalue weighted by molar-refractivity contribution is -0.147. The molecule has 1 unspecified atom stereocenters. The molecule has 0 fully saturated rings. The third-order valence-electron chi connectivity index (χ3n) is 2.61. The normalized spacial score (nSPS) is 28.5. The summed E-state index contributed by atoms with van der Waals surface area (Å²) in [5.41, 5.74) is 1.03. The Balaban J connectivity index is 2.28. The van der Waals surface area contributed by atoms with E-state index < -0.39 is 5.60 Å². The van der Waals surface area contributed by atoms with Crippen LogP contribution in [0.3, 0.4) is 0 Å². The van der Waals surface area contributed by atoms with Gasteiger partial charge in [0.2, 0.25) is 0 Å². The van der Waals surface area contributed by atoms with Gasteiger partial charge in [0.1, 0.15) is 6.10 Å². The Morgan fingerprint density at radius 3 is 2.71 bits per heavy atom. The van der Waals surface area contributed by atoms with E-state index in [-0.39, 0.29) is 12.1 Å². The molecule has 0 saturated carbocycles. The first-order chi connectivity index (χ1) is 6.42. The van der Waals surface area contributed by atoms with Crippen molar-refractivity contribution in [2.75, 3.05) is 0 Å². The second kappa shape index (κ2) is 2.62. The summed E-state index contributed by atoms with van der Waals surface area (Å²) in [5, 5.41) is 0. The number of hydrogen-bond acceptors (Lipinski definition) is 3. The molecule has 0 bridgehead atoms. The Morgan fingerprint density at radius 2 is 2.21 bits per heavy atom. The lowest BCUT2D eigenvalue weighted by Gasteiger charge is -2.23. The Bertz CT molecular complexity index is 350. The molecule has 0 aliphatic carbocycles. The molecule has 0 amide bonds. The number of ether oxygens (including phenoxy) is 2. The quantitative estimate of drug-likeness (QED) is 0.472. The van der Waals surface area contributed by atoms with Crippen LogP contribution in [0.4, 0.5) is 0 Å². The van der Waals surface area contributed by atoms with Crippen LogP contribution in [-0.2, 0) is 14.3 Å². The largest absolute Gasteiger partial charge is 0.485 e. The highest BCUT2D eigenvalue weighted by molar-refractivity contribution is 5.93. The molecule has 14 heavy (non-hydrogen) atoms. The van der Waals surface area contributed by atoms with E-state index in [9.17, 15) is 4.79 Å². The van der Waals surface area contributed by atoms with Gasteiger partial charge in [-0.05, 0) is 26.3 Å². The number of esters is 1. The van der Waals surface area contributed by atoms with Gasteiger partial charge in [0.05, 0.1) is 5.57 Å². The molecule has 0 aromatic heterocycles. The highest BCUT2D eigenvalue weighted by Crippen LogP contribution is 2.42. The molecule has 2 aliphatic rings.